The van der Waals surface area contributed by atoms with Gasteiger partial charge in [0.25, 0.3) is 0 Å². The van der Waals surface area contributed by atoms with Crippen LogP contribution in [-0.4, -0.2) is 39.9 Å². The lowest BCUT2D eigenvalue weighted by Gasteiger charge is -2.32. The first-order valence-corrected chi connectivity index (χ1v) is 7.37. The molecule has 1 N–H and O–H groups in total. The molecule has 0 spiro atoms. The molecule has 0 aliphatic carbocycles. The molecule has 0 saturated carbocycles. The van der Waals surface area contributed by atoms with Crippen LogP contribution < -0.4 is 0 Å². The van der Waals surface area contributed by atoms with E-state index in [4.69, 9.17) is 13.6 Å². The topological polar surface area (TPSA) is 47.9 Å². The molecule has 2 unspecified atom stereocenters. The molecule has 2 atom stereocenters. The number of hydrogen-bond donors (Lipinski definition) is 1. The maximum Gasteiger partial charge on any atom is 0.364 e. The number of aliphatic hydroxyl groups is 1. The highest BCUT2D eigenvalue weighted by molar-refractivity contribution is 6.67. The van der Waals surface area contributed by atoms with E-state index in [0.29, 0.717) is 6.42 Å². The van der Waals surface area contributed by atoms with Crippen molar-refractivity contribution in [3.05, 3.63) is 0 Å². The quantitative estimate of drug-likeness (QED) is 0.523. The summed E-state index contributed by atoms with van der Waals surface area (Å²) in [6, 6.07) is 0. The van der Waals surface area contributed by atoms with Crippen LogP contribution in [0.25, 0.3) is 0 Å². The molecule has 0 rings (SSSR count). The van der Waals surface area contributed by atoms with Gasteiger partial charge in [0.2, 0.25) is 0 Å². The summed E-state index contributed by atoms with van der Waals surface area (Å²) in [6.07, 6.45) is 0.632. The fourth-order valence-corrected chi connectivity index (χ4v) is 3.06. The Kier molecular flexibility index (Phi) is 6.55. The zero-order chi connectivity index (χ0) is 11.2. The Bertz CT molecular complexity index is 150. The third-order valence-corrected chi connectivity index (χ3v) is 5.77. The van der Waals surface area contributed by atoms with Gasteiger partial charge in [0, 0.05) is 14.2 Å². The molecule has 0 aromatic heterocycles. The fourth-order valence-electron chi connectivity index (χ4n) is 1.22. The molecule has 86 valence electrons. The molecule has 0 aliphatic rings. The average Bonchev–Trinajstić information content (AvgIpc) is 2.24. The van der Waals surface area contributed by atoms with Crippen LogP contribution in [0.15, 0.2) is 0 Å². The molecule has 0 radical (unpaired) electrons. The third kappa shape index (κ3) is 3.66. The fraction of sp³-hybridized carbons (Fsp3) is 1.00. The predicted molar refractivity (Wildman–Crippen MR) is 57.1 cm³/mol. The van der Waals surface area contributed by atoms with Crippen molar-refractivity contribution < 1.29 is 18.7 Å². The molecule has 0 aromatic carbocycles. The van der Waals surface area contributed by atoms with Gasteiger partial charge >= 0.3 is 8.56 Å². The van der Waals surface area contributed by atoms with Gasteiger partial charge in [0.15, 0.2) is 6.29 Å². The van der Waals surface area contributed by atoms with Gasteiger partial charge in [-0.05, 0) is 19.4 Å². The highest BCUT2D eigenvalue weighted by Crippen LogP contribution is 2.18. The van der Waals surface area contributed by atoms with E-state index in [0.717, 1.165) is 6.42 Å². The number of ether oxygens (including phenoxy) is 1. The highest BCUT2D eigenvalue weighted by Gasteiger charge is 2.40. The van der Waals surface area contributed by atoms with Crippen molar-refractivity contribution >= 4 is 8.56 Å². The van der Waals surface area contributed by atoms with Gasteiger partial charge in [-0.3, -0.25) is 0 Å². The summed E-state index contributed by atoms with van der Waals surface area (Å²) in [7, 11) is 0.962. The van der Waals surface area contributed by atoms with Crippen molar-refractivity contribution in [2.24, 2.45) is 0 Å². The summed E-state index contributed by atoms with van der Waals surface area (Å²) in [6.45, 7) is 5.80. The maximum absolute atomic E-state index is 9.40. The lowest BCUT2D eigenvalue weighted by Crippen LogP contribution is -2.51. The molecule has 0 aliphatic heterocycles. The molecule has 0 heterocycles. The Morgan fingerprint density at radius 3 is 1.93 bits per heavy atom. The first-order chi connectivity index (χ1) is 6.53. The minimum atomic E-state index is -2.29. The zero-order valence-corrected chi connectivity index (χ0v) is 10.7. The van der Waals surface area contributed by atoms with Crippen molar-refractivity contribution in [2.75, 3.05) is 14.2 Å². The molecular formula is C9H22O4Si. The second-order valence-corrected chi connectivity index (χ2v) is 6.81. The first-order valence-electron chi connectivity index (χ1n) is 4.97. The number of aliphatic hydroxyl groups excluding tert-OH is 1. The van der Waals surface area contributed by atoms with Gasteiger partial charge in [-0.15, -0.1) is 0 Å². The molecular weight excluding hydrogens is 200 g/mol. The van der Waals surface area contributed by atoms with Crippen molar-refractivity contribution in [3.63, 3.8) is 0 Å². The summed E-state index contributed by atoms with van der Waals surface area (Å²) >= 11 is 0. The minimum absolute atomic E-state index is 0.132. The summed E-state index contributed by atoms with van der Waals surface area (Å²) in [5.41, 5.74) is -0.132. The molecule has 5 heteroatoms. The largest absolute Gasteiger partial charge is 0.396 e. The third-order valence-electron chi connectivity index (χ3n) is 2.44. The minimum Gasteiger partial charge on any atom is -0.396 e. The van der Waals surface area contributed by atoms with E-state index in [1.165, 1.54) is 0 Å². The van der Waals surface area contributed by atoms with Gasteiger partial charge in [0.1, 0.15) is 5.73 Å². The van der Waals surface area contributed by atoms with Gasteiger partial charge in [-0.2, -0.15) is 0 Å². The van der Waals surface area contributed by atoms with E-state index in [1.54, 1.807) is 14.2 Å². The van der Waals surface area contributed by atoms with Crippen LogP contribution in [-0.2, 0) is 13.6 Å². The number of rotatable bonds is 7. The normalized spacial score (nSPS) is 16.7. The van der Waals surface area contributed by atoms with Crippen LogP contribution >= 0.6 is 0 Å². The lowest BCUT2D eigenvalue weighted by molar-refractivity contribution is -0.125. The highest BCUT2D eigenvalue weighted by atomic mass is 28.4. The molecule has 0 amide bonds. The van der Waals surface area contributed by atoms with Crippen LogP contribution in [0.2, 0.25) is 6.55 Å². The molecule has 14 heavy (non-hydrogen) atoms. The van der Waals surface area contributed by atoms with E-state index in [-0.39, 0.29) is 5.73 Å². The molecule has 4 nitrogen and oxygen atoms in total. The van der Waals surface area contributed by atoms with Crippen LogP contribution in [0.1, 0.15) is 26.7 Å². The Labute approximate surface area is 87.4 Å². The number of hydrogen-bond acceptors (Lipinski definition) is 4. The Morgan fingerprint density at radius 2 is 1.64 bits per heavy atom. The zero-order valence-electron chi connectivity index (χ0n) is 9.74. The van der Waals surface area contributed by atoms with Gasteiger partial charge in [0.05, 0.1) is 0 Å². The summed E-state index contributed by atoms with van der Waals surface area (Å²) < 4.78 is 16.2. The average molecular weight is 222 g/mol. The molecule has 0 fully saturated rings. The van der Waals surface area contributed by atoms with E-state index in [2.05, 4.69) is 0 Å². The van der Waals surface area contributed by atoms with Gasteiger partial charge < -0.3 is 18.7 Å². The molecule has 0 bridgehead atoms. The standard InChI is InChI=1S/C9H22O4Si/c1-6-8(10)13-9(7-2)14(5,11-3)12-4/h8-10H,6-7H2,1-5H3. The Balaban J connectivity index is 4.36. The van der Waals surface area contributed by atoms with Crippen LogP contribution in [0.3, 0.4) is 0 Å². The lowest BCUT2D eigenvalue weighted by atomic mass is 10.4. The maximum atomic E-state index is 9.40. The summed E-state index contributed by atoms with van der Waals surface area (Å²) in [5.74, 6) is 0. The first kappa shape index (κ1) is 14.1. The van der Waals surface area contributed by atoms with Crippen molar-refractivity contribution in [3.8, 4) is 0 Å². The van der Waals surface area contributed by atoms with E-state index < -0.39 is 14.9 Å². The predicted octanol–water partition coefficient (Wildman–Crippen LogP) is 1.41. The molecule has 0 saturated heterocycles. The van der Waals surface area contributed by atoms with Crippen LogP contribution in [0, 0.1) is 0 Å². The Morgan fingerprint density at radius 1 is 1.14 bits per heavy atom. The van der Waals surface area contributed by atoms with Crippen molar-refractivity contribution in [1.29, 1.82) is 0 Å². The van der Waals surface area contributed by atoms with Gasteiger partial charge in [-0.1, -0.05) is 13.8 Å². The van der Waals surface area contributed by atoms with E-state index in [1.807, 2.05) is 20.4 Å². The van der Waals surface area contributed by atoms with Crippen molar-refractivity contribution in [2.45, 2.75) is 45.3 Å². The van der Waals surface area contributed by atoms with E-state index in [9.17, 15) is 5.11 Å². The Hall–Kier alpha value is 0.0569. The second kappa shape index (κ2) is 6.52. The summed E-state index contributed by atoms with van der Waals surface area (Å²) in [4.78, 5) is 0. The smallest absolute Gasteiger partial charge is 0.364 e. The monoisotopic (exact) mass is 222 g/mol. The van der Waals surface area contributed by atoms with Crippen LogP contribution in [0.5, 0.6) is 0 Å². The SMILES string of the molecule is CCC(O)OC(CC)[Si](C)(OC)OC. The summed E-state index contributed by atoms with van der Waals surface area (Å²) in [5, 5.41) is 9.40. The molecule has 0 aromatic rings. The van der Waals surface area contributed by atoms with Crippen molar-refractivity contribution in [1.82, 2.24) is 0 Å². The van der Waals surface area contributed by atoms with E-state index >= 15 is 0 Å². The van der Waals surface area contributed by atoms with Crippen LogP contribution in [0.4, 0.5) is 0 Å². The second-order valence-electron chi connectivity index (χ2n) is 3.32. The van der Waals surface area contributed by atoms with Gasteiger partial charge in [-0.25, -0.2) is 0 Å².